The lowest BCUT2D eigenvalue weighted by atomic mass is 10.1. The number of hydrogen-bond donors (Lipinski definition) is 0. The van der Waals surface area contributed by atoms with Crippen molar-refractivity contribution in [3.05, 3.63) is 39.4 Å². The van der Waals surface area contributed by atoms with Crippen molar-refractivity contribution in [1.29, 1.82) is 0 Å². The number of fused-ring (bicyclic) bond motifs is 1. The van der Waals surface area contributed by atoms with Crippen LogP contribution in [0.2, 0.25) is 5.02 Å². The number of nitrogens with zero attached hydrogens (tertiary/aromatic N) is 4. The van der Waals surface area contributed by atoms with E-state index >= 15 is 0 Å². The van der Waals surface area contributed by atoms with E-state index in [2.05, 4.69) is 30.7 Å². The molecule has 2 atom stereocenters. The fourth-order valence-electron chi connectivity index (χ4n) is 4.27. The van der Waals surface area contributed by atoms with Crippen molar-refractivity contribution in [3.8, 4) is 0 Å². The first-order valence-electron chi connectivity index (χ1n) is 10.1. The highest BCUT2D eigenvalue weighted by atomic mass is 35.5. The van der Waals surface area contributed by atoms with Crippen LogP contribution in [0.25, 0.3) is 10.9 Å². The summed E-state index contributed by atoms with van der Waals surface area (Å²) in [6.07, 6.45) is 2.06. The first-order valence-corrected chi connectivity index (χ1v) is 10.4. The van der Waals surface area contributed by atoms with Gasteiger partial charge in [-0.1, -0.05) is 31.9 Å². The molecule has 1 fully saturated rings. The van der Waals surface area contributed by atoms with Crippen LogP contribution in [-0.4, -0.2) is 52.6 Å². The molecule has 2 aromatic rings. The number of rotatable bonds is 5. The van der Waals surface area contributed by atoms with Gasteiger partial charge >= 0.3 is 0 Å². The van der Waals surface area contributed by atoms with Crippen molar-refractivity contribution in [2.75, 3.05) is 33.2 Å². The van der Waals surface area contributed by atoms with Crippen LogP contribution in [0.5, 0.6) is 0 Å². The third kappa shape index (κ3) is 4.36. The zero-order valence-electron chi connectivity index (χ0n) is 16.9. The minimum absolute atomic E-state index is 0.0149. The van der Waals surface area contributed by atoms with Gasteiger partial charge in [0.05, 0.1) is 16.9 Å². The highest BCUT2D eigenvalue weighted by molar-refractivity contribution is 6.31. The maximum absolute atomic E-state index is 13.1. The molecule has 0 bridgehead atoms. The number of aromatic nitrogens is 2. The molecule has 1 aromatic heterocycles. The SMILES string of the molecule is CCC[C@H](c1nc2ccc(Cl)cc2c(=O)n1CC)N1CCN(C)CC(C)C1. The Bertz CT molecular complexity index is 850. The third-order valence-corrected chi connectivity index (χ3v) is 5.74. The van der Waals surface area contributed by atoms with Gasteiger partial charge in [-0.3, -0.25) is 14.3 Å². The summed E-state index contributed by atoms with van der Waals surface area (Å²) in [5, 5.41) is 1.18. The van der Waals surface area contributed by atoms with E-state index in [0.717, 1.165) is 50.4 Å². The molecule has 1 unspecified atom stereocenters. The summed E-state index contributed by atoms with van der Waals surface area (Å²) in [7, 11) is 2.19. The van der Waals surface area contributed by atoms with Gasteiger partial charge in [0, 0.05) is 37.7 Å². The Hall–Kier alpha value is -1.43. The molecular formula is C21H31ClN4O. The molecule has 1 saturated heterocycles. The second-order valence-corrected chi connectivity index (χ2v) is 8.28. The molecule has 0 aliphatic carbocycles. The normalized spacial score (nSPS) is 20.7. The van der Waals surface area contributed by atoms with Crippen molar-refractivity contribution in [3.63, 3.8) is 0 Å². The molecule has 2 heterocycles. The van der Waals surface area contributed by atoms with Gasteiger partial charge in [-0.2, -0.15) is 0 Å². The van der Waals surface area contributed by atoms with E-state index < -0.39 is 0 Å². The minimum Gasteiger partial charge on any atom is -0.305 e. The van der Waals surface area contributed by atoms with E-state index in [1.807, 2.05) is 23.6 Å². The first kappa shape index (κ1) is 20.3. The minimum atomic E-state index is 0.0149. The van der Waals surface area contributed by atoms with Crippen LogP contribution in [0.3, 0.4) is 0 Å². The molecule has 1 aliphatic rings. The molecule has 1 aromatic carbocycles. The quantitative estimate of drug-likeness (QED) is 0.778. The van der Waals surface area contributed by atoms with Gasteiger partial charge < -0.3 is 4.90 Å². The monoisotopic (exact) mass is 390 g/mol. The summed E-state index contributed by atoms with van der Waals surface area (Å²) < 4.78 is 1.85. The topological polar surface area (TPSA) is 41.4 Å². The van der Waals surface area contributed by atoms with E-state index in [9.17, 15) is 4.79 Å². The van der Waals surface area contributed by atoms with Crippen LogP contribution < -0.4 is 5.56 Å². The Morgan fingerprint density at radius 3 is 2.74 bits per heavy atom. The second kappa shape index (κ2) is 8.72. The van der Waals surface area contributed by atoms with Gasteiger partial charge in [0.15, 0.2) is 0 Å². The molecule has 0 N–H and O–H groups in total. The number of benzene rings is 1. The van der Waals surface area contributed by atoms with E-state index in [1.165, 1.54) is 0 Å². The Kier molecular flexibility index (Phi) is 6.56. The van der Waals surface area contributed by atoms with E-state index in [4.69, 9.17) is 16.6 Å². The predicted molar refractivity (Wildman–Crippen MR) is 113 cm³/mol. The fourth-order valence-corrected chi connectivity index (χ4v) is 4.45. The predicted octanol–water partition coefficient (Wildman–Crippen LogP) is 3.79. The molecule has 5 nitrogen and oxygen atoms in total. The summed E-state index contributed by atoms with van der Waals surface area (Å²) in [6.45, 7) is 11.3. The number of halogens is 1. The van der Waals surface area contributed by atoms with Crippen LogP contribution in [0.4, 0.5) is 0 Å². The Morgan fingerprint density at radius 1 is 1.26 bits per heavy atom. The molecule has 148 valence electrons. The second-order valence-electron chi connectivity index (χ2n) is 7.85. The maximum Gasteiger partial charge on any atom is 0.261 e. The lowest BCUT2D eigenvalue weighted by Crippen LogP contribution is -2.38. The lowest BCUT2D eigenvalue weighted by Gasteiger charge is -2.32. The van der Waals surface area contributed by atoms with Gasteiger partial charge in [0.25, 0.3) is 5.56 Å². The fraction of sp³-hybridized carbons (Fsp3) is 0.619. The van der Waals surface area contributed by atoms with Crippen molar-refractivity contribution in [2.24, 2.45) is 5.92 Å². The molecule has 0 radical (unpaired) electrons. The summed E-state index contributed by atoms with van der Waals surface area (Å²) in [4.78, 5) is 23.0. The van der Waals surface area contributed by atoms with Crippen molar-refractivity contribution < 1.29 is 0 Å². The zero-order valence-corrected chi connectivity index (χ0v) is 17.7. The smallest absolute Gasteiger partial charge is 0.261 e. The summed E-state index contributed by atoms with van der Waals surface area (Å²) in [6, 6.07) is 5.58. The number of hydrogen-bond acceptors (Lipinski definition) is 4. The van der Waals surface area contributed by atoms with Crippen LogP contribution in [-0.2, 0) is 6.54 Å². The lowest BCUT2D eigenvalue weighted by molar-refractivity contribution is 0.167. The van der Waals surface area contributed by atoms with Crippen molar-refractivity contribution in [2.45, 2.75) is 46.2 Å². The van der Waals surface area contributed by atoms with Gasteiger partial charge in [0.1, 0.15) is 5.82 Å². The maximum atomic E-state index is 13.1. The summed E-state index contributed by atoms with van der Waals surface area (Å²) >= 11 is 6.12. The van der Waals surface area contributed by atoms with E-state index in [-0.39, 0.29) is 11.6 Å². The van der Waals surface area contributed by atoms with Crippen LogP contribution in [0, 0.1) is 5.92 Å². The largest absolute Gasteiger partial charge is 0.305 e. The van der Waals surface area contributed by atoms with E-state index in [1.54, 1.807) is 6.07 Å². The average Bonchev–Trinajstić information content (AvgIpc) is 2.80. The molecule has 0 spiro atoms. The molecule has 0 saturated carbocycles. The van der Waals surface area contributed by atoms with Gasteiger partial charge in [-0.15, -0.1) is 0 Å². The highest BCUT2D eigenvalue weighted by Gasteiger charge is 2.28. The Labute approximate surface area is 166 Å². The number of likely N-dealkylation sites (N-methyl/N-ethyl adjacent to an activating group) is 1. The van der Waals surface area contributed by atoms with Crippen LogP contribution in [0.15, 0.2) is 23.0 Å². The summed E-state index contributed by atoms with van der Waals surface area (Å²) in [5.41, 5.74) is 0.756. The molecular weight excluding hydrogens is 360 g/mol. The third-order valence-electron chi connectivity index (χ3n) is 5.50. The van der Waals surface area contributed by atoms with Crippen molar-refractivity contribution >= 4 is 22.5 Å². The van der Waals surface area contributed by atoms with Crippen molar-refractivity contribution in [1.82, 2.24) is 19.4 Å². The van der Waals surface area contributed by atoms with Gasteiger partial charge in [-0.05, 0) is 44.5 Å². The first-order chi connectivity index (χ1) is 12.9. The standard InChI is InChI=1S/C21H31ClN4O/c1-5-7-19(25-11-10-24(4)13-15(3)14-25)20-23-18-9-8-16(22)12-17(18)21(27)26(20)6-2/h8-9,12,15,19H,5-7,10-11,13-14H2,1-4H3/t15?,19-/m1/s1. The van der Waals surface area contributed by atoms with Gasteiger partial charge in [-0.25, -0.2) is 4.98 Å². The summed E-state index contributed by atoms with van der Waals surface area (Å²) in [5.74, 6) is 1.49. The van der Waals surface area contributed by atoms with Crippen LogP contribution in [0.1, 0.15) is 45.5 Å². The molecule has 6 heteroatoms. The van der Waals surface area contributed by atoms with Crippen LogP contribution >= 0.6 is 11.6 Å². The molecule has 1 aliphatic heterocycles. The molecule has 0 amide bonds. The zero-order chi connectivity index (χ0) is 19.6. The average molecular weight is 391 g/mol. The van der Waals surface area contributed by atoms with E-state index in [0.29, 0.717) is 22.9 Å². The molecule has 3 rings (SSSR count). The Morgan fingerprint density at radius 2 is 2.04 bits per heavy atom. The van der Waals surface area contributed by atoms with Gasteiger partial charge in [0.2, 0.25) is 0 Å². The highest BCUT2D eigenvalue weighted by Crippen LogP contribution is 2.27. The Balaban J connectivity index is 2.10. The molecule has 27 heavy (non-hydrogen) atoms.